The second kappa shape index (κ2) is 4.81. The summed E-state index contributed by atoms with van der Waals surface area (Å²) in [6.07, 6.45) is 2.51. The summed E-state index contributed by atoms with van der Waals surface area (Å²) in [6.45, 7) is 3.36. The highest BCUT2D eigenvalue weighted by molar-refractivity contribution is 9.10. The van der Waals surface area contributed by atoms with Crippen LogP contribution in [0.25, 0.3) is 0 Å². The van der Waals surface area contributed by atoms with Gasteiger partial charge in [-0.1, -0.05) is 0 Å². The Bertz CT molecular complexity index is 343. The van der Waals surface area contributed by atoms with Crippen molar-refractivity contribution in [1.29, 1.82) is 0 Å². The zero-order chi connectivity index (χ0) is 10.7. The maximum Gasteiger partial charge on any atom is 0.290 e. The number of hydrogen-bond acceptors (Lipinski definition) is 3. The zero-order valence-electron chi connectivity index (χ0n) is 8.33. The van der Waals surface area contributed by atoms with E-state index in [0.29, 0.717) is 5.76 Å². The number of carbonyl (C=O) groups is 1. The van der Waals surface area contributed by atoms with E-state index in [-0.39, 0.29) is 5.91 Å². The number of amides is 1. The second-order valence-electron chi connectivity index (χ2n) is 3.49. The molecule has 0 aliphatic carbocycles. The predicted octanol–water partition coefficient (Wildman–Crippen LogP) is 1.48. The van der Waals surface area contributed by atoms with Gasteiger partial charge in [-0.2, -0.15) is 0 Å². The van der Waals surface area contributed by atoms with Gasteiger partial charge in [0.15, 0.2) is 0 Å². The van der Waals surface area contributed by atoms with E-state index in [1.807, 2.05) is 4.90 Å². The molecule has 0 bridgehead atoms. The number of rotatable bonds is 1. The molecule has 0 aromatic carbocycles. The Morgan fingerprint density at radius 3 is 3.07 bits per heavy atom. The summed E-state index contributed by atoms with van der Waals surface area (Å²) in [6, 6.07) is 1.74. The third kappa shape index (κ3) is 2.41. The van der Waals surface area contributed by atoms with Crippen LogP contribution in [0.5, 0.6) is 0 Å². The van der Waals surface area contributed by atoms with Gasteiger partial charge in [0.2, 0.25) is 5.76 Å². The van der Waals surface area contributed by atoms with Crippen LogP contribution < -0.4 is 5.32 Å². The van der Waals surface area contributed by atoms with Crippen LogP contribution in [0.3, 0.4) is 0 Å². The van der Waals surface area contributed by atoms with E-state index in [2.05, 4.69) is 21.2 Å². The Morgan fingerprint density at radius 2 is 2.33 bits per heavy atom. The summed E-state index contributed by atoms with van der Waals surface area (Å²) in [5.74, 6) is 0.368. The van der Waals surface area contributed by atoms with Gasteiger partial charge in [0.25, 0.3) is 5.91 Å². The largest absolute Gasteiger partial charge is 0.458 e. The van der Waals surface area contributed by atoms with Gasteiger partial charge in [0.1, 0.15) is 0 Å². The zero-order valence-corrected chi connectivity index (χ0v) is 9.92. The molecule has 1 aromatic rings. The molecular formula is C10H13BrN2O2. The van der Waals surface area contributed by atoms with Crippen LogP contribution in [-0.2, 0) is 0 Å². The van der Waals surface area contributed by atoms with Crippen LogP contribution in [0.4, 0.5) is 0 Å². The van der Waals surface area contributed by atoms with Crippen LogP contribution in [0.15, 0.2) is 21.2 Å². The molecule has 1 aromatic heterocycles. The lowest BCUT2D eigenvalue weighted by atomic mass is 10.3. The molecule has 0 unspecified atom stereocenters. The number of halogens is 1. The minimum absolute atomic E-state index is 0.0319. The van der Waals surface area contributed by atoms with Gasteiger partial charge in [-0.05, 0) is 35.0 Å². The number of hydrogen-bond donors (Lipinski definition) is 1. The maximum atomic E-state index is 12.0. The summed E-state index contributed by atoms with van der Waals surface area (Å²) in [5, 5.41) is 3.26. The molecule has 15 heavy (non-hydrogen) atoms. The molecule has 1 aliphatic heterocycles. The van der Waals surface area contributed by atoms with Gasteiger partial charge in [0, 0.05) is 19.6 Å². The van der Waals surface area contributed by atoms with Crippen molar-refractivity contribution >= 4 is 21.8 Å². The third-order valence-corrected chi connectivity index (χ3v) is 3.06. The van der Waals surface area contributed by atoms with Crippen LogP contribution >= 0.6 is 15.9 Å². The fourth-order valence-corrected chi connectivity index (χ4v) is 2.01. The highest BCUT2D eigenvalue weighted by Crippen LogP contribution is 2.19. The summed E-state index contributed by atoms with van der Waals surface area (Å²) in [4.78, 5) is 13.8. The molecule has 5 heteroatoms. The van der Waals surface area contributed by atoms with Crippen LogP contribution in [0.2, 0.25) is 0 Å². The molecule has 2 heterocycles. The Morgan fingerprint density at radius 1 is 1.47 bits per heavy atom. The van der Waals surface area contributed by atoms with Crippen LogP contribution in [-0.4, -0.2) is 37.0 Å². The Labute approximate surface area is 96.7 Å². The Kier molecular flexibility index (Phi) is 3.43. The van der Waals surface area contributed by atoms with Gasteiger partial charge in [0.05, 0.1) is 10.7 Å². The van der Waals surface area contributed by atoms with Crippen molar-refractivity contribution in [1.82, 2.24) is 10.2 Å². The molecule has 0 saturated carbocycles. The molecule has 1 N–H and O–H groups in total. The predicted molar refractivity (Wildman–Crippen MR) is 59.8 cm³/mol. The first-order chi connectivity index (χ1) is 7.29. The fraction of sp³-hybridized carbons (Fsp3) is 0.500. The summed E-state index contributed by atoms with van der Waals surface area (Å²) >= 11 is 3.30. The standard InChI is InChI=1S/C10H13BrN2O2/c11-8-2-7-15-9(8)10(14)13-5-1-3-12-4-6-13/h2,7,12H,1,3-6H2. The van der Waals surface area contributed by atoms with E-state index in [0.717, 1.165) is 37.1 Å². The van der Waals surface area contributed by atoms with Crippen LogP contribution in [0, 0.1) is 0 Å². The van der Waals surface area contributed by atoms with E-state index in [4.69, 9.17) is 4.42 Å². The van der Waals surface area contributed by atoms with Crippen molar-refractivity contribution < 1.29 is 9.21 Å². The molecule has 82 valence electrons. The number of furan rings is 1. The first kappa shape index (κ1) is 10.7. The molecule has 1 saturated heterocycles. The van der Waals surface area contributed by atoms with E-state index in [9.17, 15) is 4.79 Å². The van der Waals surface area contributed by atoms with Gasteiger partial charge < -0.3 is 14.6 Å². The van der Waals surface area contributed by atoms with Crippen molar-refractivity contribution in [2.45, 2.75) is 6.42 Å². The third-order valence-electron chi connectivity index (χ3n) is 2.44. The Balaban J connectivity index is 2.09. The number of carbonyl (C=O) groups excluding carboxylic acids is 1. The van der Waals surface area contributed by atoms with Gasteiger partial charge in [-0.25, -0.2) is 0 Å². The SMILES string of the molecule is O=C(c1occc1Br)N1CCCNCC1. The van der Waals surface area contributed by atoms with Gasteiger partial charge in [-0.15, -0.1) is 0 Å². The minimum Gasteiger partial charge on any atom is -0.458 e. The number of nitrogens with zero attached hydrogens (tertiary/aromatic N) is 1. The van der Waals surface area contributed by atoms with Crippen molar-refractivity contribution in [3.05, 3.63) is 22.6 Å². The normalized spacial score (nSPS) is 17.5. The first-order valence-corrected chi connectivity index (χ1v) is 5.81. The van der Waals surface area contributed by atoms with E-state index in [1.165, 1.54) is 6.26 Å². The lowest BCUT2D eigenvalue weighted by Gasteiger charge is -2.18. The lowest BCUT2D eigenvalue weighted by molar-refractivity contribution is 0.0733. The highest BCUT2D eigenvalue weighted by Gasteiger charge is 2.21. The molecule has 0 radical (unpaired) electrons. The van der Waals surface area contributed by atoms with Crippen molar-refractivity contribution in [3.8, 4) is 0 Å². The average molecular weight is 273 g/mol. The Hall–Kier alpha value is -0.810. The molecule has 1 fully saturated rings. The van der Waals surface area contributed by atoms with E-state index < -0.39 is 0 Å². The van der Waals surface area contributed by atoms with Gasteiger partial charge >= 0.3 is 0 Å². The molecule has 1 amide bonds. The molecule has 1 aliphatic rings. The molecule has 0 atom stereocenters. The molecule has 2 rings (SSSR count). The molecule has 0 spiro atoms. The van der Waals surface area contributed by atoms with Gasteiger partial charge in [-0.3, -0.25) is 4.79 Å². The number of nitrogens with one attached hydrogen (secondary N) is 1. The van der Waals surface area contributed by atoms with Crippen molar-refractivity contribution in [2.75, 3.05) is 26.2 Å². The monoisotopic (exact) mass is 272 g/mol. The highest BCUT2D eigenvalue weighted by atomic mass is 79.9. The first-order valence-electron chi connectivity index (χ1n) is 5.02. The molecular weight excluding hydrogens is 260 g/mol. The summed E-state index contributed by atoms with van der Waals surface area (Å²) in [7, 11) is 0. The molecule has 4 nitrogen and oxygen atoms in total. The minimum atomic E-state index is -0.0319. The fourth-order valence-electron chi connectivity index (χ4n) is 1.64. The summed E-state index contributed by atoms with van der Waals surface area (Å²) < 4.78 is 5.89. The lowest BCUT2D eigenvalue weighted by Crippen LogP contribution is -2.34. The van der Waals surface area contributed by atoms with Crippen molar-refractivity contribution in [3.63, 3.8) is 0 Å². The van der Waals surface area contributed by atoms with E-state index >= 15 is 0 Å². The van der Waals surface area contributed by atoms with E-state index in [1.54, 1.807) is 6.07 Å². The summed E-state index contributed by atoms with van der Waals surface area (Å²) in [5.41, 5.74) is 0. The maximum absolute atomic E-state index is 12.0. The smallest absolute Gasteiger partial charge is 0.290 e. The topological polar surface area (TPSA) is 45.5 Å². The quantitative estimate of drug-likeness (QED) is 0.843. The van der Waals surface area contributed by atoms with Crippen LogP contribution in [0.1, 0.15) is 17.0 Å². The second-order valence-corrected chi connectivity index (χ2v) is 4.35. The average Bonchev–Trinajstić information content (AvgIpc) is 2.53. The van der Waals surface area contributed by atoms with Crippen molar-refractivity contribution in [2.24, 2.45) is 0 Å².